The van der Waals surface area contributed by atoms with E-state index in [4.69, 9.17) is 10.7 Å². The van der Waals surface area contributed by atoms with Gasteiger partial charge in [-0.25, -0.2) is 9.97 Å². The van der Waals surface area contributed by atoms with Gasteiger partial charge in [0, 0.05) is 63.4 Å². The molecule has 0 radical (unpaired) electrons. The molecule has 0 spiro atoms. The Balaban J connectivity index is 1.53. The van der Waals surface area contributed by atoms with E-state index < -0.39 is 5.91 Å². The van der Waals surface area contributed by atoms with Crippen molar-refractivity contribution < 1.29 is 9.59 Å². The van der Waals surface area contributed by atoms with Crippen molar-refractivity contribution in [2.75, 3.05) is 51.7 Å². The molecule has 2 aliphatic rings. The molecule has 2 aliphatic heterocycles. The van der Waals surface area contributed by atoms with Crippen molar-refractivity contribution in [3.05, 3.63) is 41.7 Å². The molecule has 0 aliphatic carbocycles. The lowest BCUT2D eigenvalue weighted by Crippen LogP contribution is -2.32. The first-order valence-corrected chi connectivity index (χ1v) is 11.4. The van der Waals surface area contributed by atoms with E-state index in [1.165, 1.54) is 12.8 Å². The number of likely N-dealkylation sites (tertiary alicyclic amines) is 2. The predicted octanol–water partition coefficient (Wildman–Crippen LogP) is 2.11. The number of aromatic nitrogens is 2. The maximum absolute atomic E-state index is 12.8. The second-order valence-electron chi connectivity index (χ2n) is 8.93. The molecule has 1 aromatic heterocycles. The molecule has 2 N–H and O–H groups in total. The van der Waals surface area contributed by atoms with Crippen LogP contribution in [-0.4, -0.2) is 78.4 Å². The Morgan fingerprint density at radius 1 is 1.12 bits per heavy atom. The van der Waals surface area contributed by atoms with Gasteiger partial charge in [-0.15, -0.1) is 0 Å². The zero-order valence-corrected chi connectivity index (χ0v) is 19.0. The van der Waals surface area contributed by atoms with Gasteiger partial charge in [-0.05, 0) is 50.0 Å². The number of hydrogen-bond acceptors (Lipinski definition) is 6. The Labute approximate surface area is 189 Å². The van der Waals surface area contributed by atoms with E-state index in [0.717, 1.165) is 49.4 Å². The van der Waals surface area contributed by atoms with Crippen LogP contribution in [0, 0.1) is 0 Å². The minimum Gasteiger partial charge on any atom is -0.366 e. The van der Waals surface area contributed by atoms with Gasteiger partial charge < -0.3 is 20.4 Å². The number of primary amides is 1. The minimum absolute atomic E-state index is 0.151. The summed E-state index contributed by atoms with van der Waals surface area (Å²) in [5.74, 6) is 0.582. The number of rotatable bonds is 7. The summed E-state index contributed by atoms with van der Waals surface area (Å²) >= 11 is 0. The summed E-state index contributed by atoms with van der Waals surface area (Å²) in [7, 11) is 3.84. The predicted molar refractivity (Wildman–Crippen MR) is 125 cm³/mol. The summed E-state index contributed by atoms with van der Waals surface area (Å²) in [4.78, 5) is 39.9. The SMILES string of the molecule is CN(C)c1ncc(-c2ccc(C(N)=O)cc2)c([C@H]2CCN(C(=O)CCN3CCCC3)C2)n1. The standard InChI is InChI=1S/C24H32N6O2/c1-28(2)24-26-15-20(17-5-7-18(8-6-17)23(25)32)22(27-24)19-9-14-30(16-19)21(31)10-13-29-11-3-4-12-29/h5-8,15,19H,3-4,9-14,16H2,1-2H3,(H2,25,32)/t19-/m0/s1. The number of carbonyl (C=O) groups is 2. The lowest BCUT2D eigenvalue weighted by Gasteiger charge is -2.21. The van der Waals surface area contributed by atoms with Gasteiger partial charge in [0.25, 0.3) is 0 Å². The second kappa shape index (κ2) is 9.65. The number of hydrogen-bond donors (Lipinski definition) is 1. The van der Waals surface area contributed by atoms with E-state index in [0.29, 0.717) is 24.5 Å². The van der Waals surface area contributed by atoms with Gasteiger partial charge in [0.2, 0.25) is 17.8 Å². The smallest absolute Gasteiger partial charge is 0.248 e. The van der Waals surface area contributed by atoms with E-state index in [-0.39, 0.29) is 11.8 Å². The molecule has 4 rings (SSSR count). The molecule has 8 nitrogen and oxygen atoms in total. The summed E-state index contributed by atoms with van der Waals surface area (Å²) in [5, 5.41) is 0. The summed E-state index contributed by atoms with van der Waals surface area (Å²) in [6, 6.07) is 7.21. The van der Waals surface area contributed by atoms with Crippen LogP contribution in [0.5, 0.6) is 0 Å². The number of nitrogens with zero attached hydrogens (tertiary/aromatic N) is 5. The second-order valence-corrected chi connectivity index (χ2v) is 8.93. The topological polar surface area (TPSA) is 95.7 Å². The molecular weight excluding hydrogens is 404 g/mol. The third kappa shape index (κ3) is 4.91. The fourth-order valence-corrected chi connectivity index (χ4v) is 4.58. The van der Waals surface area contributed by atoms with Crippen molar-refractivity contribution >= 4 is 17.8 Å². The van der Waals surface area contributed by atoms with Crippen LogP contribution in [-0.2, 0) is 4.79 Å². The van der Waals surface area contributed by atoms with Gasteiger partial charge in [0.05, 0.1) is 5.69 Å². The number of anilines is 1. The van der Waals surface area contributed by atoms with Gasteiger partial charge in [0.15, 0.2) is 0 Å². The molecule has 0 bridgehead atoms. The quantitative estimate of drug-likeness (QED) is 0.714. The zero-order chi connectivity index (χ0) is 22.7. The minimum atomic E-state index is -0.449. The van der Waals surface area contributed by atoms with E-state index in [1.807, 2.05) is 42.2 Å². The Bertz CT molecular complexity index is 969. The summed E-state index contributed by atoms with van der Waals surface area (Å²) in [6.45, 7) is 4.51. The van der Waals surface area contributed by atoms with Crippen LogP contribution < -0.4 is 10.6 Å². The zero-order valence-electron chi connectivity index (χ0n) is 19.0. The van der Waals surface area contributed by atoms with Crippen molar-refractivity contribution in [3.8, 4) is 11.1 Å². The van der Waals surface area contributed by atoms with E-state index in [9.17, 15) is 9.59 Å². The largest absolute Gasteiger partial charge is 0.366 e. The summed E-state index contributed by atoms with van der Waals surface area (Å²) in [6.07, 6.45) is 5.79. The van der Waals surface area contributed by atoms with Gasteiger partial charge in [0.1, 0.15) is 0 Å². The van der Waals surface area contributed by atoms with Crippen LogP contribution in [0.3, 0.4) is 0 Å². The fourth-order valence-electron chi connectivity index (χ4n) is 4.58. The molecular formula is C24H32N6O2. The molecule has 32 heavy (non-hydrogen) atoms. The Hall–Kier alpha value is -3.00. The van der Waals surface area contributed by atoms with Crippen molar-refractivity contribution in [3.63, 3.8) is 0 Å². The molecule has 2 fully saturated rings. The third-order valence-electron chi connectivity index (χ3n) is 6.45. The molecule has 170 valence electrons. The third-order valence-corrected chi connectivity index (χ3v) is 6.45. The first-order chi connectivity index (χ1) is 15.4. The highest BCUT2D eigenvalue weighted by Crippen LogP contribution is 2.34. The van der Waals surface area contributed by atoms with Crippen LogP contribution in [0.2, 0.25) is 0 Å². The Kier molecular flexibility index (Phi) is 6.69. The van der Waals surface area contributed by atoms with Crippen LogP contribution in [0.25, 0.3) is 11.1 Å². The fraction of sp³-hybridized carbons (Fsp3) is 0.500. The first-order valence-electron chi connectivity index (χ1n) is 11.4. The first kappa shape index (κ1) is 22.2. The highest BCUT2D eigenvalue weighted by atomic mass is 16.2. The molecule has 0 unspecified atom stereocenters. The lowest BCUT2D eigenvalue weighted by molar-refractivity contribution is -0.130. The lowest BCUT2D eigenvalue weighted by atomic mass is 9.95. The molecule has 2 amide bonds. The summed E-state index contributed by atoms with van der Waals surface area (Å²) in [5.41, 5.74) is 8.67. The summed E-state index contributed by atoms with van der Waals surface area (Å²) < 4.78 is 0. The molecule has 1 atom stereocenters. The van der Waals surface area contributed by atoms with Gasteiger partial charge >= 0.3 is 0 Å². The van der Waals surface area contributed by atoms with Crippen LogP contribution in [0.1, 0.15) is 47.7 Å². The van der Waals surface area contributed by atoms with Crippen molar-refractivity contribution in [2.45, 2.75) is 31.6 Å². The highest BCUT2D eigenvalue weighted by Gasteiger charge is 2.31. The van der Waals surface area contributed by atoms with E-state index in [1.54, 1.807) is 12.1 Å². The Morgan fingerprint density at radius 2 is 1.84 bits per heavy atom. The van der Waals surface area contributed by atoms with Crippen molar-refractivity contribution in [1.82, 2.24) is 19.8 Å². The Morgan fingerprint density at radius 3 is 2.50 bits per heavy atom. The number of nitrogens with two attached hydrogens (primary N) is 1. The van der Waals surface area contributed by atoms with E-state index >= 15 is 0 Å². The van der Waals surface area contributed by atoms with E-state index in [2.05, 4.69) is 9.88 Å². The highest BCUT2D eigenvalue weighted by molar-refractivity contribution is 5.93. The number of benzene rings is 1. The normalized spacial score (nSPS) is 18.8. The maximum atomic E-state index is 12.8. The average molecular weight is 437 g/mol. The van der Waals surface area contributed by atoms with Gasteiger partial charge in [-0.1, -0.05) is 12.1 Å². The molecule has 3 heterocycles. The number of amides is 2. The van der Waals surface area contributed by atoms with Crippen LogP contribution in [0.15, 0.2) is 30.5 Å². The molecule has 8 heteroatoms. The molecule has 1 aromatic carbocycles. The van der Waals surface area contributed by atoms with Gasteiger partial charge in [-0.2, -0.15) is 0 Å². The van der Waals surface area contributed by atoms with Crippen molar-refractivity contribution in [2.24, 2.45) is 5.73 Å². The average Bonchev–Trinajstić information content (AvgIpc) is 3.49. The van der Waals surface area contributed by atoms with Crippen LogP contribution in [0.4, 0.5) is 5.95 Å². The monoisotopic (exact) mass is 436 g/mol. The molecule has 0 saturated carbocycles. The molecule has 2 saturated heterocycles. The van der Waals surface area contributed by atoms with Gasteiger partial charge in [-0.3, -0.25) is 9.59 Å². The molecule has 2 aromatic rings. The van der Waals surface area contributed by atoms with Crippen LogP contribution >= 0.6 is 0 Å². The van der Waals surface area contributed by atoms with Crippen molar-refractivity contribution in [1.29, 1.82) is 0 Å². The maximum Gasteiger partial charge on any atom is 0.248 e. The number of carbonyl (C=O) groups excluding carboxylic acids is 2.